The van der Waals surface area contributed by atoms with E-state index in [4.69, 9.17) is 0 Å². The Morgan fingerprint density at radius 1 is 1.00 bits per heavy atom. The number of piperidine rings is 3. The molecule has 1 aromatic heterocycles. The van der Waals surface area contributed by atoms with E-state index in [-0.39, 0.29) is 17.9 Å². The first-order chi connectivity index (χ1) is 14.5. The fraction of sp³-hybridized carbons (Fsp3) is 0.591. The number of amides is 1. The number of hydrogen-bond acceptors (Lipinski definition) is 5. The van der Waals surface area contributed by atoms with Crippen LogP contribution in [-0.4, -0.2) is 53.5 Å². The Bertz CT molecular complexity index is 1040. The number of fused-ring (bicyclic) bond motifs is 1. The van der Waals surface area contributed by atoms with Crippen molar-refractivity contribution >= 4 is 28.4 Å². The predicted octanol–water partition coefficient (Wildman–Crippen LogP) is 0.940. The van der Waals surface area contributed by atoms with E-state index in [0.29, 0.717) is 17.5 Å². The van der Waals surface area contributed by atoms with Gasteiger partial charge in [-0.05, 0) is 56.3 Å². The van der Waals surface area contributed by atoms with Gasteiger partial charge in [-0.3, -0.25) is 18.7 Å². The summed E-state index contributed by atoms with van der Waals surface area (Å²) >= 11 is 0. The summed E-state index contributed by atoms with van der Waals surface area (Å²) in [4.78, 5) is 40.5. The number of aromatic nitrogens is 2. The van der Waals surface area contributed by atoms with Crippen LogP contribution in [0.15, 0.2) is 23.0 Å². The number of hydrogen-bond donors (Lipinski definition) is 2. The summed E-state index contributed by atoms with van der Waals surface area (Å²) in [6.45, 7) is 4.46. The van der Waals surface area contributed by atoms with Crippen LogP contribution in [-0.2, 0) is 16.6 Å². The summed E-state index contributed by atoms with van der Waals surface area (Å²) < 4.78 is 2.97. The molecule has 2 N–H and O–H groups in total. The zero-order valence-electron chi connectivity index (χ0n) is 17.4. The normalized spacial score (nSPS) is 24.4. The first-order valence-corrected chi connectivity index (χ1v) is 11.0. The minimum Gasteiger partial charge on any atom is -0.370 e. The van der Waals surface area contributed by atoms with Gasteiger partial charge < -0.3 is 15.5 Å². The fourth-order valence-corrected chi connectivity index (χ4v) is 5.55. The topological polar surface area (TPSA) is 88.4 Å². The quantitative estimate of drug-likeness (QED) is 0.718. The van der Waals surface area contributed by atoms with Crippen LogP contribution in [0, 0.1) is 5.41 Å². The van der Waals surface area contributed by atoms with Crippen LogP contribution in [0.5, 0.6) is 0 Å². The highest BCUT2D eigenvalue weighted by molar-refractivity contribution is 6.07. The van der Waals surface area contributed by atoms with Gasteiger partial charge in [-0.25, -0.2) is 4.79 Å². The molecule has 1 spiro atoms. The number of ketones is 1. The summed E-state index contributed by atoms with van der Waals surface area (Å²) in [6, 6.07) is 4.74. The number of carbonyl (C=O) groups is 2. The summed E-state index contributed by atoms with van der Waals surface area (Å²) in [6.07, 6.45) is 5.03. The maximum Gasteiger partial charge on any atom is 0.330 e. The van der Waals surface area contributed by atoms with Crippen molar-refractivity contribution in [1.82, 2.24) is 19.8 Å². The lowest BCUT2D eigenvalue weighted by Crippen LogP contribution is -2.46. The Labute approximate surface area is 175 Å². The van der Waals surface area contributed by atoms with Gasteiger partial charge in [0.15, 0.2) is 11.8 Å². The number of nitrogens with one attached hydrogen (secondary N) is 2. The number of para-hydroxylation sites is 1. The van der Waals surface area contributed by atoms with Crippen molar-refractivity contribution < 1.29 is 9.59 Å². The molecular weight excluding hydrogens is 382 g/mol. The maximum absolute atomic E-state index is 13.1. The molecule has 30 heavy (non-hydrogen) atoms. The van der Waals surface area contributed by atoms with Crippen molar-refractivity contribution in [2.45, 2.75) is 38.1 Å². The summed E-state index contributed by atoms with van der Waals surface area (Å²) in [5, 5.41) is 6.19. The average Bonchev–Trinajstić information content (AvgIpc) is 3.00. The second-order valence-electron chi connectivity index (χ2n) is 9.00. The van der Waals surface area contributed by atoms with Gasteiger partial charge in [0.1, 0.15) is 0 Å². The molecule has 3 aliphatic heterocycles. The van der Waals surface area contributed by atoms with Crippen molar-refractivity contribution in [3.05, 3.63) is 28.7 Å². The number of benzene rings is 1. The lowest BCUT2D eigenvalue weighted by molar-refractivity contribution is -0.135. The summed E-state index contributed by atoms with van der Waals surface area (Å²) in [7, 11) is 1.73. The van der Waals surface area contributed by atoms with Gasteiger partial charge in [-0.1, -0.05) is 6.07 Å². The third-order valence-electron chi connectivity index (χ3n) is 7.39. The second-order valence-corrected chi connectivity index (χ2v) is 9.00. The van der Waals surface area contributed by atoms with E-state index in [2.05, 4.69) is 21.6 Å². The highest BCUT2D eigenvalue weighted by Gasteiger charge is 2.37. The van der Waals surface area contributed by atoms with Gasteiger partial charge in [-0.2, -0.15) is 0 Å². The smallest absolute Gasteiger partial charge is 0.330 e. The first-order valence-electron chi connectivity index (χ1n) is 11.0. The van der Waals surface area contributed by atoms with Crippen LogP contribution in [0.4, 0.5) is 5.69 Å². The molecule has 8 nitrogen and oxygen atoms in total. The van der Waals surface area contributed by atoms with Crippen molar-refractivity contribution in [3.8, 4) is 0 Å². The van der Waals surface area contributed by atoms with E-state index >= 15 is 0 Å². The summed E-state index contributed by atoms with van der Waals surface area (Å²) in [5.74, 6) is -0.596. The first kappa shape index (κ1) is 19.4. The van der Waals surface area contributed by atoms with Crippen molar-refractivity contribution in [2.75, 3.05) is 37.6 Å². The zero-order valence-corrected chi connectivity index (χ0v) is 17.4. The summed E-state index contributed by atoms with van der Waals surface area (Å²) in [5.41, 5.74) is 2.59. The largest absolute Gasteiger partial charge is 0.370 e. The Morgan fingerprint density at radius 3 is 2.43 bits per heavy atom. The molecule has 5 rings (SSSR count). The molecule has 0 saturated carbocycles. The molecule has 1 atom stereocenters. The number of imidazole rings is 1. The van der Waals surface area contributed by atoms with Crippen molar-refractivity contribution in [3.63, 3.8) is 0 Å². The zero-order chi connectivity index (χ0) is 20.9. The van der Waals surface area contributed by atoms with Crippen LogP contribution in [0.2, 0.25) is 0 Å². The van der Waals surface area contributed by atoms with Crippen LogP contribution in [0.3, 0.4) is 0 Å². The predicted molar refractivity (Wildman–Crippen MR) is 115 cm³/mol. The van der Waals surface area contributed by atoms with Crippen molar-refractivity contribution in [2.24, 2.45) is 12.5 Å². The molecule has 2 aromatic rings. The van der Waals surface area contributed by atoms with E-state index in [1.807, 2.05) is 12.1 Å². The standard InChI is InChI=1S/C22H29N5O3/c1-25-18-15(26-13-8-22(9-14-26)6-11-23-12-7-22)3-2-4-16(18)27(21(25)30)19-17(28)5-10-24-20(19)29/h2-4,19,23H,5-14H2,1H3,(H,24,29). The van der Waals surface area contributed by atoms with E-state index in [0.717, 1.165) is 50.2 Å². The molecule has 3 aliphatic rings. The minimum absolute atomic E-state index is 0.204. The molecule has 3 fully saturated rings. The SMILES string of the molecule is Cn1c(=O)n(C2C(=O)CCNC2=O)c2cccc(N3CCC4(CCNCC4)CC3)c21. The van der Waals surface area contributed by atoms with Crippen LogP contribution in [0.25, 0.3) is 11.0 Å². The molecule has 0 radical (unpaired) electrons. The Balaban J connectivity index is 1.53. The molecule has 3 saturated heterocycles. The van der Waals surface area contributed by atoms with E-state index in [1.54, 1.807) is 11.6 Å². The highest BCUT2D eigenvalue weighted by atomic mass is 16.2. The Morgan fingerprint density at radius 2 is 1.73 bits per heavy atom. The lowest BCUT2D eigenvalue weighted by atomic mass is 9.71. The molecule has 1 amide bonds. The number of aryl methyl sites for hydroxylation is 1. The van der Waals surface area contributed by atoms with Crippen molar-refractivity contribution in [1.29, 1.82) is 0 Å². The third-order valence-corrected chi connectivity index (χ3v) is 7.39. The van der Waals surface area contributed by atoms with Crippen LogP contribution >= 0.6 is 0 Å². The number of rotatable bonds is 2. The van der Waals surface area contributed by atoms with Crippen LogP contribution in [0.1, 0.15) is 38.1 Å². The van der Waals surface area contributed by atoms with Gasteiger partial charge >= 0.3 is 5.69 Å². The minimum atomic E-state index is -1.08. The third kappa shape index (κ3) is 2.96. The monoisotopic (exact) mass is 411 g/mol. The number of nitrogens with zero attached hydrogens (tertiary/aromatic N) is 3. The number of carbonyl (C=O) groups excluding carboxylic acids is 2. The second kappa shape index (κ2) is 7.27. The molecule has 4 heterocycles. The van der Waals surface area contributed by atoms with Gasteiger partial charge in [0, 0.05) is 33.1 Å². The molecule has 0 aliphatic carbocycles. The lowest BCUT2D eigenvalue weighted by Gasteiger charge is -2.45. The maximum atomic E-state index is 13.1. The van der Waals surface area contributed by atoms with E-state index < -0.39 is 11.9 Å². The van der Waals surface area contributed by atoms with Gasteiger partial charge in [-0.15, -0.1) is 0 Å². The van der Waals surface area contributed by atoms with E-state index in [9.17, 15) is 14.4 Å². The van der Waals surface area contributed by atoms with Gasteiger partial charge in [0.25, 0.3) is 5.91 Å². The molecule has 1 aromatic carbocycles. The number of Topliss-reactive ketones (excluding diaryl/α,β-unsaturated/α-hetero) is 1. The van der Waals surface area contributed by atoms with E-state index in [1.165, 1.54) is 17.4 Å². The average molecular weight is 412 g/mol. The molecule has 8 heteroatoms. The van der Waals surface area contributed by atoms with Gasteiger partial charge in [0.2, 0.25) is 0 Å². The number of anilines is 1. The molecule has 160 valence electrons. The Hall–Kier alpha value is -2.61. The molecular formula is C22H29N5O3. The Kier molecular flexibility index (Phi) is 4.69. The highest BCUT2D eigenvalue weighted by Crippen LogP contribution is 2.41. The van der Waals surface area contributed by atoms with Gasteiger partial charge in [0.05, 0.1) is 16.7 Å². The molecule has 0 bridgehead atoms. The van der Waals surface area contributed by atoms with Crippen LogP contribution < -0.4 is 21.2 Å². The fourth-order valence-electron chi connectivity index (χ4n) is 5.55. The molecule has 1 unspecified atom stereocenters.